The molecule has 0 aliphatic carbocycles. The third-order valence-electron chi connectivity index (χ3n) is 7.16. The molecule has 8 nitrogen and oxygen atoms in total. The monoisotopic (exact) mass is 554 g/mol. The molecule has 0 spiro atoms. The molecule has 40 heavy (non-hydrogen) atoms. The van der Waals surface area contributed by atoms with Gasteiger partial charge < -0.3 is 24.8 Å². The second-order valence-corrected chi connectivity index (χ2v) is 11.3. The van der Waals surface area contributed by atoms with Crippen molar-refractivity contribution in [3.05, 3.63) is 95.7 Å². The van der Waals surface area contributed by atoms with Gasteiger partial charge >= 0.3 is 0 Å². The second kappa shape index (κ2) is 10.7. The molecule has 2 N–H and O–H groups in total. The van der Waals surface area contributed by atoms with Crippen LogP contribution in [0.2, 0.25) is 0 Å². The number of hydrogen-bond donors (Lipinski definition) is 2. The fraction of sp³-hybridized carbons (Fsp3) is 0.290. The number of rotatable bonds is 6. The Morgan fingerprint density at radius 2 is 1.75 bits per heavy atom. The summed E-state index contributed by atoms with van der Waals surface area (Å²) < 4.78 is 7.88. The van der Waals surface area contributed by atoms with Gasteiger partial charge in [0, 0.05) is 41.0 Å². The molecule has 1 fully saturated rings. The highest BCUT2D eigenvalue weighted by molar-refractivity contribution is 7.80. The van der Waals surface area contributed by atoms with E-state index in [0.717, 1.165) is 34.2 Å². The lowest BCUT2D eigenvalue weighted by Gasteiger charge is -2.29. The van der Waals surface area contributed by atoms with Crippen molar-refractivity contribution in [2.24, 2.45) is 5.41 Å². The van der Waals surface area contributed by atoms with Crippen molar-refractivity contribution < 1.29 is 9.53 Å². The Morgan fingerprint density at radius 1 is 1.02 bits per heavy atom. The first kappa shape index (κ1) is 27.3. The SMILES string of the molecule is COc1cc(N2C(=S)N[C@H](c3ccccn3)[C@H]2c2cc(C)n(-c3ccccn3)c2C)ccc1NC(=O)C(C)(C)C. The van der Waals surface area contributed by atoms with Gasteiger partial charge in [0.25, 0.3) is 0 Å². The Kier molecular flexibility index (Phi) is 7.33. The number of carbonyl (C=O) groups excluding carboxylic acids is 1. The van der Waals surface area contributed by atoms with Gasteiger partial charge in [0.05, 0.1) is 30.6 Å². The zero-order valence-electron chi connectivity index (χ0n) is 23.6. The van der Waals surface area contributed by atoms with Gasteiger partial charge in [-0.1, -0.05) is 32.9 Å². The van der Waals surface area contributed by atoms with Crippen molar-refractivity contribution in [1.29, 1.82) is 0 Å². The Labute approximate surface area is 240 Å². The molecule has 2 atom stereocenters. The number of ether oxygens (including phenoxy) is 1. The van der Waals surface area contributed by atoms with E-state index in [9.17, 15) is 4.79 Å². The average Bonchev–Trinajstić information content (AvgIpc) is 3.44. The number of aryl methyl sites for hydroxylation is 1. The molecule has 4 aromatic rings. The normalized spacial score (nSPS) is 17.1. The number of aromatic nitrogens is 3. The van der Waals surface area contributed by atoms with Gasteiger partial charge in [-0.2, -0.15) is 0 Å². The van der Waals surface area contributed by atoms with Crippen LogP contribution in [0.25, 0.3) is 5.82 Å². The third-order valence-corrected chi connectivity index (χ3v) is 7.47. The number of nitrogens with one attached hydrogen (secondary N) is 2. The van der Waals surface area contributed by atoms with Crippen LogP contribution < -0.4 is 20.3 Å². The molecule has 1 aliphatic heterocycles. The Balaban J connectivity index is 1.62. The molecule has 0 radical (unpaired) electrons. The van der Waals surface area contributed by atoms with E-state index in [2.05, 4.69) is 50.0 Å². The highest BCUT2D eigenvalue weighted by atomic mass is 32.1. The maximum Gasteiger partial charge on any atom is 0.229 e. The number of thiocarbonyl (C=S) groups is 1. The lowest BCUT2D eigenvalue weighted by molar-refractivity contribution is -0.123. The average molecular weight is 555 g/mol. The predicted molar refractivity (Wildman–Crippen MR) is 162 cm³/mol. The number of amides is 1. The minimum absolute atomic E-state index is 0.0908. The topological polar surface area (TPSA) is 84.3 Å². The lowest BCUT2D eigenvalue weighted by atomic mass is 9.95. The number of pyridine rings is 2. The summed E-state index contributed by atoms with van der Waals surface area (Å²) in [5, 5.41) is 7.10. The van der Waals surface area contributed by atoms with Crippen LogP contribution in [0.15, 0.2) is 73.1 Å². The van der Waals surface area contributed by atoms with Crippen LogP contribution in [0, 0.1) is 19.3 Å². The van der Waals surface area contributed by atoms with Crippen LogP contribution in [0.1, 0.15) is 55.5 Å². The van der Waals surface area contributed by atoms with E-state index in [4.69, 9.17) is 17.0 Å². The summed E-state index contributed by atoms with van der Waals surface area (Å²) in [6.07, 6.45) is 3.60. The van der Waals surface area contributed by atoms with Gasteiger partial charge in [-0.3, -0.25) is 9.78 Å². The van der Waals surface area contributed by atoms with Crippen molar-refractivity contribution in [3.63, 3.8) is 0 Å². The van der Waals surface area contributed by atoms with Crippen LogP contribution in [0.5, 0.6) is 5.75 Å². The first-order chi connectivity index (χ1) is 19.1. The van der Waals surface area contributed by atoms with Crippen molar-refractivity contribution in [2.75, 3.05) is 17.3 Å². The van der Waals surface area contributed by atoms with Crippen molar-refractivity contribution >= 4 is 34.6 Å². The van der Waals surface area contributed by atoms with Gasteiger partial charge in [0.1, 0.15) is 11.6 Å². The molecule has 4 heterocycles. The van der Waals surface area contributed by atoms with Crippen LogP contribution in [-0.2, 0) is 4.79 Å². The van der Waals surface area contributed by atoms with Gasteiger partial charge in [0.2, 0.25) is 5.91 Å². The zero-order valence-corrected chi connectivity index (χ0v) is 24.4. The van der Waals surface area contributed by atoms with E-state index in [1.807, 2.05) is 75.4 Å². The fourth-order valence-corrected chi connectivity index (χ4v) is 5.46. The molecular formula is C31H34N6O2S. The molecular weight excluding hydrogens is 520 g/mol. The van der Waals surface area contributed by atoms with Crippen LogP contribution in [0.4, 0.5) is 11.4 Å². The zero-order chi connectivity index (χ0) is 28.6. The van der Waals surface area contributed by atoms with Crippen molar-refractivity contribution in [1.82, 2.24) is 19.9 Å². The van der Waals surface area contributed by atoms with E-state index in [-0.39, 0.29) is 18.0 Å². The third kappa shape index (κ3) is 5.04. The van der Waals surface area contributed by atoms with Gasteiger partial charge in [0.15, 0.2) is 5.11 Å². The van der Waals surface area contributed by atoms with Crippen LogP contribution in [0.3, 0.4) is 0 Å². The van der Waals surface area contributed by atoms with Crippen LogP contribution >= 0.6 is 12.2 Å². The molecule has 0 bridgehead atoms. The molecule has 9 heteroatoms. The number of hydrogen-bond acceptors (Lipinski definition) is 5. The predicted octanol–water partition coefficient (Wildman–Crippen LogP) is 6.05. The molecule has 1 saturated heterocycles. The van der Waals surface area contributed by atoms with Crippen LogP contribution in [-0.4, -0.2) is 32.7 Å². The maximum absolute atomic E-state index is 12.7. The largest absolute Gasteiger partial charge is 0.494 e. The summed E-state index contributed by atoms with van der Waals surface area (Å²) in [6, 6.07) is 19.4. The molecule has 5 rings (SSSR count). The number of carbonyl (C=O) groups is 1. The number of nitrogens with zero attached hydrogens (tertiary/aromatic N) is 4. The van der Waals surface area contributed by atoms with E-state index in [1.165, 1.54) is 0 Å². The van der Waals surface area contributed by atoms with Gasteiger partial charge in [-0.05, 0) is 74.1 Å². The summed E-state index contributed by atoms with van der Waals surface area (Å²) in [5.41, 5.74) is 5.04. The smallest absolute Gasteiger partial charge is 0.229 e. The summed E-state index contributed by atoms with van der Waals surface area (Å²) >= 11 is 5.94. The first-order valence-electron chi connectivity index (χ1n) is 13.2. The van der Waals surface area contributed by atoms with E-state index < -0.39 is 5.41 Å². The molecule has 0 saturated carbocycles. The molecule has 1 amide bonds. The lowest BCUT2D eigenvalue weighted by Crippen LogP contribution is -2.30. The standard InChI is InChI=1S/C31H34N6O2S/c1-19-17-22(20(2)36(19)26-12-8-10-16-33-26)28-27(24-11-7-9-15-32-24)35-30(40)37(28)21-13-14-23(25(18-21)39-6)34-29(38)31(3,4)5/h7-18,27-28H,1-6H3,(H,34,38)(H,35,40)/t27-,28-/m1/s1. The molecule has 0 unspecified atom stereocenters. The fourth-order valence-electron chi connectivity index (χ4n) is 5.12. The quantitative estimate of drug-likeness (QED) is 0.281. The molecule has 206 valence electrons. The number of benzene rings is 1. The molecule has 1 aromatic carbocycles. The second-order valence-electron chi connectivity index (χ2n) is 10.9. The summed E-state index contributed by atoms with van der Waals surface area (Å²) in [5.74, 6) is 1.32. The minimum atomic E-state index is -0.540. The van der Waals surface area contributed by atoms with E-state index >= 15 is 0 Å². The summed E-state index contributed by atoms with van der Waals surface area (Å²) in [7, 11) is 1.60. The van der Waals surface area contributed by atoms with Crippen molar-refractivity contribution in [3.8, 4) is 11.6 Å². The van der Waals surface area contributed by atoms with Gasteiger partial charge in [-0.25, -0.2) is 4.98 Å². The van der Waals surface area contributed by atoms with E-state index in [0.29, 0.717) is 16.5 Å². The Morgan fingerprint density at radius 3 is 2.38 bits per heavy atom. The first-order valence-corrected chi connectivity index (χ1v) is 13.6. The highest BCUT2D eigenvalue weighted by Gasteiger charge is 2.42. The number of methoxy groups -OCH3 is 1. The highest BCUT2D eigenvalue weighted by Crippen LogP contribution is 2.45. The van der Waals surface area contributed by atoms with Gasteiger partial charge in [-0.15, -0.1) is 0 Å². The Bertz CT molecular complexity index is 1550. The van der Waals surface area contributed by atoms with Crippen molar-refractivity contribution in [2.45, 2.75) is 46.7 Å². The summed E-state index contributed by atoms with van der Waals surface area (Å²) in [4.78, 5) is 24.1. The Hall–Kier alpha value is -4.24. The minimum Gasteiger partial charge on any atom is -0.494 e. The molecule has 3 aromatic heterocycles. The van der Waals surface area contributed by atoms with E-state index in [1.54, 1.807) is 19.5 Å². The maximum atomic E-state index is 12.7. The summed E-state index contributed by atoms with van der Waals surface area (Å²) in [6.45, 7) is 9.82. The molecule has 1 aliphatic rings. The number of anilines is 2.